The van der Waals surface area contributed by atoms with E-state index in [4.69, 9.17) is 0 Å². The summed E-state index contributed by atoms with van der Waals surface area (Å²) in [6, 6.07) is 0.762. The largest absolute Gasteiger partial charge is 0.299 e. The number of alkyl halides is 1. The molecule has 0 N–H and O–H groups in total. The van der Waals surface area contributed by atoms with Crippen LogP contribution in [0, 0.1) is 0 Å². The first-order valence-corrected chi connectivity index (χ1v) is 5.29. The Labute approximate surface area is 76.7 Å². The van der Waals surface area contributed by atoms with Crippen LogP contribution in [0.5, 0.6) is 0 Å². The van der Waals surface area contributed by atoms with Gasteiger partial charge in [-0.3, -0.25) is 9.80 Å². The fourth-order valence-electron chi connectivity index (χ4n) is 2.09. The molecule has 3 rings (SSSR count). The van der Waals surface area contributed by atoms with Crippen LogP contribution in [-0.4, -0.2) is 53.4 Å². The molecule has 3 aliphatic rings. The number of hydrogen-bond donors (Lipinski definition) is 0. The van der Waals surface area contributed by atoms with Crippen LogP contribution in [-0.2, 0) is 0 Å². The van der Waals surface area contributed by atoms with Crippen molar-refractivity contribution in [2.75, 3.05) is 32.7 Å². The average Bonchev–Trinajstić information content (AvgIpc) is 2.06. The van der Waals surface area contributed by atoms with E-state index in [0.29, 0.717) is 4.83 Å². The molecule has 2 unspecified atom stereocenters. The van der Waals surface area contributed by atoms with Crippen molar-refractivity contribution in [3.05, 3.63) is 0 Å². The molecule has 64 valence electrons. The topological polar surface area (TPSA) is 6.48 Å². The highest BCUT2D eigenvalue weighted by Crippen LogP contribution is 2.21. The second kappa shape index (κ2) is 3.04. The second-order valence-electron chi connectivity index (χ2n) is 3.58. The van der Waals surface area contributed by atoms with Crippen LogP contribution in [0.1, 0.15) is 6.92 Å². The zero-order valence-corrected chi connectivity index (χ0v) is 8.55. The number of rotatable bonds is 1. The summed E-state index contributed by atoms with van der Waals surface area (Å²) >= 11 is 3.67. The lowest BCUT2D eigenvalue weighted by Gasteiger charge is -2.48. The van der Waals surface area contributed by atoms with Gasteiger partial charge in [0.05, 0.1) is 0 Å². The predicted octanol–water partition coefficient (Wildman–Crippen LogP) is 0.770. The predicted molar refractivity (Wildman–Crippen MR) is 50.2 cm³/mol. The third-order valence-corrected chi connectivity index (χ3v) is 3.46. The summed E-state index contributed by atoms with van der Waals surface area (Å²) in [5.74, 6) is 0. The van der Waals surface area contributed by atoms with Gasteiger partial charge in [-0.25, -0.2) is 0 Å². The number of nitrogens with zero attached hydrogens (tertiary/aromatic N) is 2. The Balaban J connectivity index is 2.03. The van der Waals surface area contributed by atoms with Crippen molar-refractivity contribution in [1.29, 1.82) is 0 Å². The first-order chi connectivity index (χ1) is 5.27. The smallest absolute Gasteiger partial charge is 0.0346 e. The van der Waals surface area contributed by atoms with E-state index in [-0.39, 0.29) is 0 Å². The van der Waals surface area contributed by atoms with Crippen molar-refractivity contribution in [2.24, 2.45) is 0 Å². The highest BCUT2D eigenvalue weighted by atomic mass is 79.9. The van der Waals surface area contributed by atoms with E-state index < -0.39 is 0 Å². The first-order valence-electron chi connectivity index (χ1n) is 4.38. The molecule has 3 heterocycles. The minimum absolute atomic E-state index is 0.644. The summed E-state index contributed by atoms with van der Waals surface area (Å²) in [5.41, 5.74) is 0. The molecule has 11 heavy (non-hydrogen) atoms. The van der Waals surface area contributed by atoms with Crippen LogP contribution in [0.4, 0.5) is 0 Å². The Kier molecular flexibility index (Phi) is 2.21. The van der Waals surface area contributed by atoms with Gasteiger partial charge in [0, 0.05) is 43.6 Å². The van der Waals surface area contributed by atoms with E-state index >= 15 is 0 Å². The van der Waals surface area contributed by atoms with Gasteiger partial charge in [0.2, 0.25) is 0 Å². The lowest BCUT2D eigenvalue weighted by atomic mass is 10.1. The van der Waals surface area contributed by atoms with Gasteiger partial charge in [-0.2, -0.15) is 0 Å². The summed E-state index contributed by atoms with van der Waals surface area (Å²) in [5, 5.41) is 0. The summed E-state index contributed by atoms with van der Waals surface area (Å²) < 4.78 is 0. The van der Waals surface area contributed by atoms with Crippen molar-refractivity contribution in [1.82, 2.24) is 9.80 Å². The van der Waals surface area contributed by atoms with Crippen molar-refractivity contribution in [3.63, 3.8) is 0 Å². The molecule has 3 saturated heterocycles. The van der Waals surface area contributed by atoms with E-state index in [1.807, 2.05) is 0 Å². The molecule has 0 aromatic rings. The highest BCUT2D eigenvalue weighted by molar-refractivity contribution is 9.09. The summed E-state index contributed by atoms with van der Waals surface area (Å²) in [6.45, 7) is 8.66. The van der Waals surface area contributed by atoms with Crippen LogP contribution < -0.4 is 0 Å². The quantitative estimate of drug-likeness (QED) is 0.601. The van der Waals surface area contributed by atoms with E-state index in [9.17, 15) is 0 Å². The molecule has 0 aliphatic carbocycles. The molecule has 2 nitrogen and oxygen atoms in total. The van der Waals surface area contributed by atoms with Crippen molar-refractivity contribution < 1.29 is 0 Å². The van der Waals surface area contributed by atoms with Crippen LogP contribution >= 0.6 is 15.9 Å². The zero-order chi connectivity index (χ0) is 7.84. The fraction of sp³-hybridized carbons (Fsp3) is 1.00. The molecule has 3 heteroatoms. The lowest BCUT2D eigenvalue weighted by Crippen LogP contribution is -2.62. The Morgan fingerprint density at radius 3 is 2.18 bits per heavy atom. The normalized spacial score (nSPS) is 45.8. The molecule has 0 saturated carbocycles. The fourth-order valence-corrected chi connectivity index (χ4v) is 2.59. The standard InChI is InChI=1S/C8H15BrN2/c1-7(9)8-6-10-2-4-11(8)5-3-10/h7-8H,2-6H2,1H3. The van der Waals surface area contributed by atoms with Gasteiger partial charge in [0.1, 0.15) is 0 Å². The van der Waals surface area contributed by atoms with Gasteiger partial charge in [-0.15, -0.1) is 0 Å². The van der Waals surface area contributed by atoms with Crippen molar-refractivity contribution in [2.45, 2.75) is 17.8 Å². The average molecular weight is 219 g/mol. The maximum atomic E-state index is 3.67. The zero-order valence-electron chi connectivity index (χ0n) is 6.96. The first kappa shape index (κ1) is 8.02. The maximum absolute atomic E-state index is 3.67. The molecule has 0 aromatic carbocycles. The van der Waals surface area contributed by atoms with Gasteiger partial charge >= 0.3 is 0 Å². The van der Waals surface area contributed by atoms with E-state index in [1.165, 1.54) is 32.7 Å². The SMILES string of the molecule is CC(Br)C1CN2CCN1CC2. The molecular formula is C8H15BrN2. The molecule has 3 fully saturated rings. The molecule has 2 atom stereocenters. The Bertz CT molecular complexity index is 141. The van der Waals surface area contributed by atoms with Crippen LogP contribution in [0.3, 0.4) is 0 Å². The molecule has 0 aromatic heterocycles. The monoisotopic (exact) mass is 218 g/mol. The van der Waals surface area contributed by atoms with E-state index in [2.05, 4.69) is 32.7 Å². The van der Waals surface area contributed by atoms with Crippen molar-refractivity contribution >= 4 is 15.9 Å². The minimum atomic E-state index is 0.644. The molecule has 0 spiro atoms. The maximum Gasteiger partial charge on any atom is 0.0346 e. The second-order valence-corrected chi connectivity index (χ2v) is 5.03. The third kappa shape index (κ3) is 1.46. The Morgan fingerprint density at radius 1 is 1.27 bits per heavy atom. The summed E-state index contributed by atoms with van der Waals surface area (Å²) in [4.78, 5) is 5.83. The highest BCUT2D eigenvalue weighted by Gasteiger charge is 2.33. The summed E-state index contributed by atoms with van der Waals surface area (Å²) in [6.07, 6.45) is 0. The van der Waals surface area contributed by atoms with Gasteiger partial charge < -0.3 is 0 Å². The lowest BCUT2D eigenvalue weighted by molar-refractivity contribution is 0.0150. The minimum Gasteiger partial charge on any atom is -0.299 e. The number of hydrogen-bond acceptors (Lipinski definition) is 2. The Morgan fingerprint density at radius 2 is 1.91 bits per heavy atom. The van der Waals surface area contributed by atoms with Gasteiger partial charge in [0.25, 0.3) is 0 Å². The number of piperazine rings is 3. The van der Waals surface area contributed by atoms with Gasteiger partial charge in [0.15, 0.2) is 0 Å². The molecule has 3 aliphatic heterocycles. The van der Waals surface area contributed by atoms with Crippen LogP contribution in [0.2, 0.25) is 0 Å². The van der Waals surface area contributed by atoms with Crippen LogP contribution in [0.25, 0.3) is 0 Å². The molecule has 0 radical (unpaired) electrons. The van der Waals surface area contributed by atoms with Crippen molar-refractivity contribution in [3.8, 4) is 0 Å². The molecular weight excluding hydrogens is 204 g/mol. The van der Waals surface area contributed by atoms with Gasteiger partial charge in [-0.05, 0) is 0 Å². The number of halogens is 1. The van der Waals surface area contributed by atoms with Crippen LogP contribution in [0.15, 0.2) is 0 Å². The molecule has 2 bridgehead atoms. The number of fused-ring (bicyclic) bond motifs is 3. The third-order valence-electron chi connectivity index (χ3n) is 2.85. The summed E-state index contributed by atoms with van der Waals surface area (Å²) in [7, 11) is 0. The molecule has 0 amide bonds. The van der Waals surface area contributed by atoms with E-state index in [1.54, 1.807) is 0 Å². The Hall–Kier alpha value is 0.400. The van der Waals surface area contributed by atoms with E-state index in [0.717, 1.165) is 6.04 Å². The van der Waals surface area contributed by atoms with Gasteiger partial charge in [-0.1, -0.05) is 22.9 Å².